The van der Waals surface area contributed by atoms with E-state index in [1.54, 1.807) is 12.1 Å². The summed E-state index contributed by atoms with van der Waals surface area (Å²) < 4.78 is 0. The van der Waals surface area contributed by atoms with Crippen LogP contribution in [0.25, 0.3) is 0 Å². The van der Waals surface area contributed by atoms with Crippen molar-refractivity contribution < 1.29 is 9.90 Å². The van der Waals surface area contributed by atoms with Crippen molar-refractivity contribution in [3.8, 4) is 0 Å². The fourth-order valence-corrected chi connectivity index (χ4v) is 0.532. The number of allylic oxidation sites excluding steroid dienone is 1. The van der Waals surface area contributed by atoms with Crippen LogP contribution in [0.5, 0.6) is 0 Å². The molecule has 0 heterocycles. The van der Waals surface area contributed by atoms with Gasteiger partial charge in [0.15, 0.2) is 0 Å². The van der Waals surface area contributed by atoms with Crippen molar-refractivity contribution in [2.45, 2.75) is 6.92 Å². The molecular weight excluding hydrogens is 152 g/mol. The van der Waals surface area contributed by atoms with Crippen LogP contribution in [0.1, 0.15) is 17.3 Å². The zero-order chi connectivity index (χ0) is 9.40. The number of hydrogen-bond donors (Lipinski definition) is 0. The molecule has 0 N–H and O–H groups in total. The molecule has 63 valence electrons. The Bertz CT molecular complexity index is 235. The molecule has 0 fully saturated rings. The van der Waals surface area contributed by atoms with Crippen molar-refractivity contribution >= 4 is 6.29 Å². The van der Waals surface area contributed by atoms with Gasteiger partial charge in [0.1, 0.15) is 12.0 Å². The Balaban J connectivity index is 0.000000261. The predicted molar refractivity (Wildman–Crippen MR) is 47.3 cm³/mol. The van der Waals surface area contributed by atoms with Crippen molar-refractivity contribution in [1.29, 1.82) is 0 Å². The van der Waals surface area contributed by atoms with Crippen molar-refractivity contribution in [2.24, 2.45) is 0 Å². The lowest BCUT2D eigenvalue weighted by molar-refractivity contribution is 0.112. The van der Waals surface area contributed by atoms with E-state index in [0.717, 1.165) is 11.8 Å². The molecule has 1 rings (SSSR count). The highest BCUT2D eigenvalue weighted by Gasteiger charge is 1.79. The molecule has 0 aromatic heterocycles. The first kappa shape index (κ1) is 10.4. The first-order chi connectivity index (χ1) is 5.66. The Labute approximate surface area is 72.2 Å². The average molecular weight is 163 g/mol. The minimum Gasteiger partial charge on any atom is -0.298 e. The fraction of sp³-hybridized carbons (Fsp3) is 0.100. The van der Waals surface area contributed by atoms with Gasteiger partial charge in [0.2, 0.25) is 0 Å². The summed E-state index contributed by atoms with van der Waals surface area (Å²) in [6.07, 6.45) is 0.833. The number of aldehydes is 1. The highest BCUT2D eigenvalue weighted by molar-refractivity contribution is 5.74. The molecule has 0 atom stereocenters. The van der Waals surface area contributed by atoms with E-state index >= 15 is 0 Å². The summed E-state index contributed by atoms with van der Waals surface area (Å²) in [5, 5.41) is 9.33. The van der Waals surface area contributed by atoms with E-state index in [9.17, 15) is 9.90 Å². The van der Waals surface area contributed by atoms with Gasteiger partial charge in [-0.05, 0) is 6.92 Å². The smallest absolute Gasteiger partial charge is 0.150 e. The molecule has 1 aromatic carbocycles. The van der Waals surface area contributed by atoms with Crippen LogP contribution < -0.4 is 0 Å². The lowest BCUT2D eigenvalue weighted by atomic mass is 10.2. The highest BCUT2D eigenvalue weighted by atomic mass is 16.3. The standard InChI is InChI=1S/C7H6O.C3H5O/c8-6-7-4-2-1-3-5-7;1-3(2)4/h1-6H;1H2,2H3. The van der Waals surface area contributed by atoms with E-state index in [2.05, 4.69) is 6.58 Å². The Morgan fingerprint density at radius 2 is 1.75 bits per heavy atom. The number of rotatable bonds is 1. The van der Waals surface area contributed by atoms with E-state index in [-0.39, 0.29) is 5.76 Å². The molecule has 12 heavy (non-hydrogen) atoms. The maximum atomic E-state index is 10.0. The zero-order valence-electron chi connectivity index (χ0n) is 6.99. The number of benzene rings is 1. The van der Waals surface area contributed by atoms with Crippen LogP contribution in [0.15, 0.2) is 42.7 Å². The second-order valence-corrected chi connectivity index (χ2v) is 2.23. The molecule has 0 amide bonds. The lowest BCUT2D eigenvalue weighted by Gasteiger charge is -1.81. The van der Waals surface area contributed by atoms with Crippen molar-refractivity contribution in [1.82, 2.24) is 0 Å². The van der Waals surface area contributed by atoms with E-state index in [1.807, 2.05) is 18.2 Å². The van der Waals surface area contributed by atoms with Crippen LogP contribution >= 0.6 is 0 Å². The summed E-state index contributed by atoms with van der Waals surface area (Å²) in [4.78, 5) is 10.0. The third kappa shape index (κ3) is 6.55. The topological polar surface area (TPSA) is 37.0 Å². The second-order valence-electron chi connectivity index (χ2n) is 2.23. The fourth-order valence-electron chi connectivity index (χ4n) is 0.532. The van der Waals surface area contributed by atoms with Gasteiger partial charge in [-0.1, -0.05) is 36.9 Å². The maximum Gasteiger partial charge on any atom is 0.150 e. The van der Waals surface area contributed by atoms with E-state index < -0.39 is 0 Å². The molecule has 0 saturated carbocycles. The quantitative estimate of drug-likeness (QED) is 0.462. The molecule has 1 radical (unpaired) electrons. The lowest BCUT2D eigenvalue weighted by Crippen LogP contribution is -1.73. The van der Waals surface area contributed by atoms with Gasteiger partial charge in [-0.15, -0.1) is 0 Å². The number of carbonyl (C=O) groups excluding carboxylic acids is 1. The Morgan fingerprint density at radius 1 is 1.33 bits per heavy atom. The monoisotopic (exact) mass is 163 g/mol. The minimum atomic E-state index is -0.0833. The summed E-state index contributed by atoms with van der Waals surface area (Å²) in [7, 11) is 0. The largest absolute Gasteiger partial charge is 0.298 e. The molecule has 0 bridgehead atoms. The van der Waals surface area contributed by atoms with Crippen molar-refractivity contribution in [2.75, 3.05) is 0 Å². The molecule has 0 aliphatic rings. The zero-order valence-corrected chi connectivity index (χ0v) is 6.99. The van der Waals surface area contributed by atoms with Gasteiger partial charge < -0.3 is 0 Å². The van der Waals surface area contributed by atoms with Gasteiger partial charge in [0.25, 0.3) is 0 Å². The minimum absolute atomic E-state index is 0.0833. The number of hydrogen-bond acceptors (Lipinski definition) is 1. The van der Waals surface area contributed by atoms with E-state index in [0.29, 0.717) is 0 Å². The summed E-state index contributed by atoms with van der Waals surface area (Å²) >= 11 is 0. The summed E-state index contributed by atoms with van der Waals surface area (Å²) in [6.45, 7) is 4.42. The van der Waals surface area contributed by atoms with Gasteiger partial charge in [-0.3, -0.25) is 9.90 Å². The van der Waals surface area contributed by atoms with Crippen LogP contribution in [-0.2, 0) is 5.11 Å². The molecule has 2 heteroatoms. The van der Waals surface area contributed by atoms with Gasteiger partial charge in [-0.2, -0.15) is 0 Å². The van der Waals surface area contributed by atoms with Crippen LogP contribution in [0.2, 0.25) is 0 Å². The van der Waals surface area contributed by atoms with Crippen LogP contribution in [-0.4, -0.2) is 6.29 Å². The normalized spacial score (nSPS) is 7.75. The van der Waals surface area contributed by atoms with Gasteiger partial charge in [0.05, 0.1) is 0 Å². The Kier molecular flexibility index (Phi) is 5.35. The Morgan fingerprint density at radius 3 is 2.00 bits per heavy atom. The molecule has 0 aliphatic heterocycles. The second kappa shape index (κ2) is 6.16. The summed E-state index contributed by atoms with van der Waals surface area (Å²) in [5.74, 6) is -0.0833. The maximum absolute atomic E-state index is 10.0. The SMILES string of the molecule is C=C(C)[O].O=Cc1ccccc1. The molecule has 1 aromatic rings. The molecule has 0 saturated heterocycles. The van der Waals surface area contributed by atoms with Crippen molar-refractivity contribution in [3.05, 3.63) is 48.2 Å². The third-order valence-electron chi connectivity index (χ3n) is 0.936. The van der Waals surface area contributed by atoms with Crippen molar-refractivity contribution in [3.63, 3.8) is 0 Å². The van der Waals surface area contributed by atoms with Crippen LogP contribution in [0, 0.1) is 0 Å². The first-order valence-electron chi connectivity index (χ1n) is 3.49. The van der Waals surface area contributed by atoms with Gasteiger partial charge in [0, 0.05) is 5.56 Å². The number of carbonyl (C=O) groups is 1. The highest BCUT2D eigenvalue weighted by Crippen LogP contribution is 1.91. The van der Waals surface area contributed by atoms with Crippen LogP contribution in [0.4, 0.5) is 0 Å². The molecular formula is C10H11O2. The Hall–Kier alpha value is -1.57. The molecule has 0 spiro atoms. The van der Waals surface area contributed by atoms with Gasteiger partial charge in [-0.25, -0.2) is 0 Å². The average Bonchev–Trinajstić information content (AvgIpc) is 2.05. The summed E-state index contributed by atoms with van der Waals surface area (Å²) in [6, 6.07) is 9.10. The molecule has 0 unspecified atom stereocenters. The van der Waals surface area contributed by atoms with E-state index in [1.165, 1.54) is 6.92 Å². The van der Waals surface area contributed by atoms with E-state index in [4.69, 9.17) is 0 Å². The first-order valence-corrected chi connectivity index (χ1v) is 3.49. The predicted octanol–water partition coefficient (Wildman–Crippen LogP) is 2.45. The van der Waals surface area contributed by atoms with Crippen LogP contribution in [0.3, 0.4) is 0 Å². The van der Waals surface area contributed by atoms with Gasteiger partial charge >= 0.3 is 0 Å². The molecule has 0 aliphatic carbocycles. The third-order valence-corrected chi connectivity index (χ3v) is 0.936. The summed E-state index contributed by atoms with van der Waals surface area (Å²) in [5.41, 5.74) is 0.729. The molecule has 2 nitrogen and oxygen atoms in total.